The highest BCUT2D eigenvalue weighted by atomic mass is 32.2. The highest BCUT2D eigenvalue weighted by Gasteiger charge is 2.51. The number of esters is 2. The molecule has 1 aliphatic carbocycles. The molecule has 0 saturated heterocycles. The van der Waals surface area contributed by atoms with Crippen molar-refractivity contribution in [2.75, 3.05) is 42.7 Å². The Morgan fingerprint density at radius 3 is 2.00 bits per heavy atom. The molecule has 2 aliphatic heterocycles. The second-order valence-electron chi connectivity index (χ2n) is 15.5. The van der Waals surface area contributed by atoms with Crippen LogP contribution in [0.2, 0.25) is 0 Å². The molecule has 0 saturated carbocycles. The van der Waals surface area contributed by atoms with E-state index in [1.165, 1.54) is 0 Å². The van der Waals surface area contributed by atoms with Crippen molar-refractivity contribution in [1.82, 2.24) is 0 Å². The zero-order valence-corrected chi connectivity index (χ0v) is 34.6. The van der Waals surface area contributed by atoms with E-state index in [-0.39, 0.29) is 50.4 Å². The van der Waals surface area contributed by atoms with E-state index in [2.05, 4.69) is 27.7 Å². The van der Waals surface area contributed by atoms with Crippen molar-refractivity contribution in [3.8, 4) is 0 Å². The van der Waals surface area contributed by atoms with Crippen LogP contribution in [0.4, 0.5) is 11.4 Å². The first kappa shape index (κ1) is 42.8. The zero-order chi connectivity index (χ0) is 41.1. The molecule has 56 heavy (non-hydrogen) atoms. The van der Waals surface area contributed by atoms with Gasteiger partial charge in [-0.1, -0.05) is 68.5 Å². The van der Waals surface area contributed by atoms with Crippen molar-refractivity contribution in [3.05, 3.63) is 107 Å². The van der Waals surface area contributed by atoms with Gasteiger partial charge in [0.15, 0.2) is 11.1 Å². The Bertz CT molecular complexity index is 2230. The van der Waals surface area contributed by atoms with Gasteiger partial charge in [-0.15, -0.1) is 0 Å². The molecule has 12 nitrogen and oxygen atoms in total. The lowest BCUT2D eigenvalue weighted by molar-refractivity contribution is -0.437. The second kappa shape index (κ2) is 16.6. The molecule has 0 spiro atoms. The van der Waals surface area contributed by atoms with Crippen LogP contribution in [0.15, 0.2) is 95.8 Å². The predicted molar refractivity (Wildman–Crippen MR) is 216 cm³/mol. The molecule has 5 rings (SSSR count). The van der Waals surface area contributed by atoms with Crippen LogP contribution >= 0.6 is 0 Å². The average molecular weight is 810 g/mol. The summed E-state index contributed by atoms with van der Waals surface area (Å²) in [6.45, 7) is 12.4. The number of ether oxygens (including phenoxy) is 2. The van der Waals surface area contributed by atoms with Crippen LogP contribution < -0.4 is 4.90 Å². The molecule has 0 fully saturated rings. The van der Waals surface area contributed by atoms with Crippen LogP contribution in [0, 0.1) is 5.41 Å². The van der Waals surface area contributed by atoms with Crippen molar-refractivity contribution in [2.24, 2.45) is 5.41 Å². The summed E-state index contributed by atoms with van der Waals surface area (Å²) < 4.78 is 78.4. The minimum Gasteiger partial charge on any atom is -0.465 e. The smallest absolute Gasteiger partial charge is 0.324 e. The highest BCUT2D eigenvalue weighted by molar-refractivity contribution is 7.86. The first-order valence-electron chi connectivity index (χ1n) is 18.9. The van der Waals surface area contributed by atoms with Crippen LogP contribution in [0.3, 0.4) is 0 Å². The van der Waals surface area contributed by atoms with Crippen molar-refractivity contribution in [3.63, 3.8) is 0 Å². The van der Waals surface area contributed by atoms with Gasteiger partial charge in [0.05, 0.1) is 30.1 Å². The normalized spacial score (nSPS) is 20.0. The van der Waals surface area contributed by atoms with Gasteiger partial charge in [0.1, 0.15) is 6.54 Å². The summed E-state index contributed by atoms with van der Waals surface area (Å²) in [6, 6.07) is 15.7. The number of para-hydroxylation sites is 2. The molecule has 0 amide bonds. The van der Waals surface area contributed by atoms with E-state index in [1.54, 1.807) is 13.8 Å². The van der Waals surface area contributed by atoms with E-state index in [9.17, 15) is 35.5 Å². The van der Waals surface area contributed by atoms with E-state index in [0.29, 0.717) is 24.2 Å². The largest absolute Gasteiger partial charge is 0.465 e. The summed E-state index contributed by atoms with van der Waals surface area (Å²) >= 11 is 0. The fraction of sp³-hybridized carbons (Fsp3) is 0.452. The molecule has 0 bridgehead atoms. The van der Waals surface area contributed by atoms with Crippen LogP contribution in [0.1, 0.15) is 78.4 Å². The molecule has 2 heterocycles. The zero-order valence-electron chi connectivity index (χ0n) is 32.9. The number of nitrogens with zero attached hydrogens (tertiary/aromatic N) is 2. The quantitative estimate of drug-likeness (QED) is 0.0860. The Morgan fingerprint density at radius 1 is 0.786 bits per heavy atom. The molecule has 302 valence electrons. The molecule has 2 aromatic carbocycles. The molecule has 0 radical (unpaired) electrons. The SMILES string of the molecule is CCOC(=O)C1(C(=O)OCC)CC(/C=C/C2=[N+](CCCS(=O)(=O)O)c3ccccc3C2(C)C)=CC(=C/C=C2/N(CCCS(=O)(=O)O)c3ccccc3C2(C)C)/C1. The van der Waals surface area contributed by atoms with E-state index >= 15 is 0 Å². The van der Waals surface area contributed by atoms with Gasteiger partial charge >= 0.3 is 11.9 Å². The van der Waals surface area contributed by atoms with Crippen LogP contribution in [0.5, 0.6) is 0 Å². The van der Waals surface area contributed by atoms with E-state index in [1.807, 2.05) is 88.4 Å². The van der Waals surface area contributed by atoms with Gasteiger partial charge < -0.3 is 14.4 Å². The summed E-state index contributed by atoms with van der Waals surface area (Å²) in [5.41, 5.74) is 4.34. The molecule has 2 aromatic rings. The number of hydrogen-bond acceptors (Lipinski definition) is 9. The van der Waals surface area contributed by atoms with Gasteiger partial charge in [0.25, 0.3) is 20.2 Å². The Balaban J connectivity index is 1.63. The van der Waals surface area contributed by atoms with Gasteiger partial charge in [-0.2, -0.15) is 21.4 Å². The lowest BCUT2D eigenvalue weighted by atomic mass is 9.71. The Kier molecular flexibility index (Phi) is 12.7. The number of hydrogen-bond donors (Lipinski definition) is 2. The molecule has 14 heteroatoms. The van der Waals surface area contributed by atoms with E-state index < -0.39 is 48.4 Å². The van der Waals surface area contributed by atoms with Crippen LogP contribution in [-0.4, -0.2) is 86.0 Å². The molecular formula is C42H53N2O10S2+. The number of carbonyl (C=O) groups is 2. The molecular weight excluding hydrogens is 757 g/mol. The molecule has 0 aromatic heterocycles. The van der Waals surface area contributed by atoms with Crippen molar-refractivity contribution in [1.29, 1.82) is 0 Å². The van der Waals surface area contributed by atoms with Gasteiger partial charge in [-0.05, 0) is 75.8 Å². The van der Waals surface area contributed by atoms with E-state index in [0.717, 1.165) is 33.9 Å². The fourth-order valence-electron chi connectivity index (χ4n) is 8.17. The summed E-state index contributed by atoms with van der Waals surface area (Å²) in [5.74, 6) is -2.16. The maximum Gasteiger partial charge on any atom is 0.324 e. The maximum absolute atomic E-state index is 13.9. The Morgan fingerprint density at radius 2 is 1.38 bits per heavy atom. The number of allylic oxidation sites excluding steroid dienone is 8. The Labute approximate surface area is 330 Å². The third kappa shape index (κ3) is 9.09. The third-order valence-electron chi connectivity index (χ3n) is 10.8. The second-order valence-corrected chi connectivity index (χ2v) is 18.6. The predicted octanol–water partition coefficient (Wildman–Crippen LogP) is 6.62. The molecule has 0 atom stereocenters. The minimum atomic E-state index is -4.16. The maximum atomic E-state index is 13.9. The van der Waals surface area contributed by atoms with Crippen LogP contribution in [0.25, 0.3) is 0 Å². The first-order valence-corrected chi connectivity index (χ1v) is 22.1. The molecule has 0 unspecified atom stereocenters. The van der Waals surface area contributed by atoms with Gasteiger partial charge in [0.2, 0.25) is 5.69 Å². The number of anilines is 1. The number of benzene rings is 2. The average Bonchev–Trinajstić information content (AvgIpc) is 3.47. The Hall–Kier alpha value is -4.37. The lowest BCUT2D eigenvalue weighted by Gasteiger charge is -2.33. The summed E-state index contributed by atoms with van der Waals surface area (Å²) in [4.78, 5) is 29.8. The van der Waals surface area contributed by atoms with E-state index in [4.69, 9.17) is 9.47 Å². The van der Waals surface area contributed by atoms with Crippen molar-refractivity contribution < 1.29 is 49.6 Å². The monoisotopic (exact) mass is 809 g/mol. The minimum absolute atomic E-state index is 0.0111. The van der Waals surface area contributed by atoms with Crippen molar-refractivity contribution >= 4 is 49.3 Å². The first-order chi connectivity index (χ1) is 26.2. The molecule has 2 N–H and O–H groups in total. The molecule has 3 aliphatic rings. The standard InChI is InChI=1S/C42H52N2O10S2/c1-7-53-38(45)42(39(46)54-8-2)28-30(19-21-36-40(3,4)32-15-9-11-17-34(32)43(36)23-13-25-55(47,48)49)27-31(29-42)20-22-37-41(5,6)33-16-10-12-18-35(33)44(37)24-14-26-56(50,51)52/h9-12,15-22,27H,7-8,13-14,23-26,28-29H2,1-6H3,(H-,47,48,49,50,51,52)/p+1. The van der Waals surface area contributed by atoms with Gasteiger partial charge in [-0.3, -0.25) is 18.7 Å². The number of fused-ring (bicyclic) bond motifs is 2. The summed E-state index contributed by atoms with van der Waals surface area (Å²) in [7, 11) is -8.32. The lowest BCUT2D eigenvalue weighted by Crippen LogP contribution is -2.44. The van der Waals surface area contributed by atoms with Gasteiger partial charge in [0, 0.05) is 47.5 Å². The summed E-state index contributed by atoms with van der Waals surface area (Å²) in [6.07, 6.45) is 9.98. The van der Waals surface area contributed by atoms with Gasteiger partial charge in [-0.25, -0.2) is 0 Å². The third-order valence-corrected chi connectivity index (χ3v) is 12.4. The number of rotatable bonds is 15. The summed E-state index contributed by atoms with van der Waals surface area (Å²) in [5, 5.41) is 0. The van der Waals surface area contributed by atoms with Crippen LogP contribution in [-0.2, 0) is 50.1 Å². The topological polar surface area (TPSA) is 168 Å². The fourth-order valence-corrected chi connectivity index (χ4v) is 9.16. The van der Waals surface area contributed by atoms with Crippen molar-refractivity contribution in [2.45, 2.75) is 78.1 Å². The number of carbonyl (C=O) groups excluding carboxylic acids is 2. The highest BCUT2D eigenvalue weighted by Crippen LogP contribution is 2.48.